The molecule has 0 aliphatic carbocycles. The molecule has 1 aromatic rings. The molecule has 1 atom stereocenters. The number of rotatable bonds is 5. The Morgan fingerprint density at radius 2 is 2.00 bits per heavy atom. The van der Waals surface area contributed by atoms with Gasteiger partial charge in [0.25, 0.3) is 0 Å². The Morgan fingerprint density at radius 1 is 1.33 bits per heavy atom. The summed E-state index contributed by atoms with van der Waals surface area (Å²) < 4.78 is 5.05. The number of benzene rings is 1. The second kappa shape index (κ2) is 8.03. The molecule has 2 rings (SSSR count). The van der Waals surface area contributed by atoms with Gasteiger partial charge >= 0.3 is 6.09 Å². The summed E-state index contributed by atoms with van der Waals surface area (Å²) in [7, 11) is 0. The Bertz CT molecular complexity index is 428. The van der Waals surface area contributed by atoms with Crippen LogP contribution in [0.1, 0.15) is 38.2 Å². The summed E-state index contributed by atoms with van der Waals surface area (Å²) in [6.45, 7) is 7.33. The predicted molar refractivity (Wildman–Crippen MR) is 83.3 cm³/mol. The lowest BCUT2D eigenvalue weighted by Gasteiger charge is -2.30. The van der Waals surface area contributed by atoms with Crippen LogP contribution in [0.15, 0.2) is 30.3 Å². The maximum atomic E-state index is 11.6. The van der Waals surface area contributed by atoms with Gasteiger partial charge in [-0.05, 0) is 12.5 Å². The number of hydrogen-bond acceptors (Lipinski definition) is 2. The topological polar surface area (TPSA) is 46.1 Å². The van der Waals surface area contributed by atoms with Gasteiger partial charge in [0.15, 0.2) is 0 Å². The molecule has 1 saturated heterocycles. The van der Waals surface area contributed by atoms with Gasteiger partial charge < -0.3 is 15.0 Å². The summed E-state index contributed by atoms with van der Waals surface area (Å²) in [5.74, 6) is 0.564. The summed E-state index contributed by atoms with van der Waals surface area (Å²) in [6.07, 6.45) is 1.95. The van der Waals surface area contributed by atoms with Crippen LogP contribution in [0, 0.1) is 0 Å². The van der Waals surface area contributed by atoms with E-state index in [-0.39, 0.29) is 6.09 Å². The smallest absolute Gasteiger partial charge is 0.409 e. The van der Waals surface area contributed by atoms with Crippen LogP contribution in [0.4, 0.5) is 4.79 Å². The number of amides is 1. The van der Waals surface area contributed by atoms with Crippen molar-refractivity contribution in [3.63, 3.8) is 0 Å². The molecule has 0 unspecified atom stereocenters. The minimum absolute atomic E-state index is 0.159. The number of piperidine rings is 1. The standard InChI is InChI=1S/C17H26N2O2/c1-3-21-17(20)19-11-9-16(10-12-19)18-13-14(2)15-7-5-4-6-8-15/h4-8,14,16,18H,3,9-13H2,1-2H3/p+1/t14-/m0/s1. The summed E-state index contributed by atoms with van der Waals surface area (Å²) >= 11 is 0. The van der Waals surface area contributed by atoms with Crippen molar-refractivity contribution in [1.29, 1.82) is 0 Å². The third kappa shape index (κ3) is 4.74. The monoisotopic (exact) mass is 291 g/mol. The fourth-order valence-corrected chi connectivity index (χ4v) is 2.85. The molecule has 0 bridgehead atoms. The van der Waals surface area contributed by atoms with E-state index >= 15 is 0 Å². The maximum absolute atomic E-state index is 11.6. The summed E-state index contributed by atoms with van der Waals surface area (Å²) in [6, 6.07) is 11.3. The highest BCUT2D eigenvalue weighted by atomic mass is 16.6. The number of likely N-dealkylation sites (tertiary alicyclic amines) is 1. The lowest BCUT2D eigenvalue weighted by atomic mass is 9.99. The number of quaternary nitrogens is 1. The molecule has 0 aromatic heterocycles. The zero-order valence-electron chi connectivity index (χ0n) is 13.1. The normalized spacial score (nSPS) is 17.5. The van der Waals surface area contributed by atoms with E-state index in [0.717, 1.165) is 32.5 Å². The molecule has 1 aliphatic heterocycles. The highest BCUT2D eigenvalue weighted by molar-refractivity contribution is 5.67. The first-order chi connectivity index (χ1) is 10.2. The average Bonchev–Trinajstić information content (AvgIpc) is 2.54. The van der Waals surface area contributed by atoms with Crippen LogP contribution in [0.3, 0.4) is 0 Å². The Morgan fingerprint density at radius 3 is 2.62 bits per heavy atom. The Hall–Kier alpha value is -1.55. The molecule has 0 saturated carbocycles. The van der Waals surface area contributed by atoms with Crippen molar-refractivity contribution in [1.82, 2.24) is 4.90 Å². The molecule has 1 heterocycles. The maximum Gasteiger partial charge on any atom is 0.409 e. The molecular weight excluding hydrogens is 264 g/mol. The van der Waals surface area contributed by atoms with E-state index in [1.54, 1.807) is 0 Å². The number of nitrogens with two attached hydrogens (primary N) is 1. The first-order valence-corrected chi connectivity index (χ1v) is 8.00. The molecule has 1 aliphatic rings. The van der Waals surface area contributed by atoms with Crippen LogP contribution in [-0.2, 0) is 4.74 Å². The lowest BCUT2D eigenvalue weighted by Crippen LogP contribution is -2.91. The van der Waals surface area contributed by atoms with Crippen molar-refractivity contribution < 1.29 is 14.8 Å². The highest BCUT2D eigenvalue weighted by Crippen LogP contribution is 2.13. The van der Waals surface area contributed by atoms with Crippen molar-refractivity contribution in [3.8, 4) is 0 Å². The highest BCUT2D eigenvalue weighted by Gasteiger charge is 2.25. The van der Waals surface area contributed by atoms with Crippen LogP contribution in [0.5, 0.6) is 0 Å². The second-order valence-electron chi connectivity index (χ2n) is 5.81. The van der Waals surface area contributed by atoms with E-state index in [2.05, 4.69) is 42.6 Å². The molecule has 4 heteroatoms. The van der Waals surface area contributed by atoms with Crippen LogP contribution >= 0.6 is 0 Å². The van der Waals surface area contributed by atoms with Gasteiger partial charge in [-0.2, -0.15) is 0 Å². The van der Waals surface area contributed by atoms with Crippen molar-refractivity contribution in [2.75, 3.05) is 26.2 Å². The number of nitrogens with zero attached hydrogens (tertiary/aromatic N) is 1. The van der Waals surface area contributed by atoms with Crippen LogP contribution < -0.4 is 5.32 Å². The zero-order chi connectivity index (χ0) is 15.1. The van der Waals surface area contributed by atoms with Crippen molar-refractivity contribution in [3.05, 3.63) is 35.9 Å². The van der Waals surface area contributed by atoms with Gasteiger partial charge in [0, 0.05) is 31.8 Å². The minimum Gasteiger partial charge on any atom is -0.450 e. The Kier molecular flexibility index (Phi) is 6.05. The van der Waals surface area contributed by atoms with Gasteiger partial charge in [-0.3, -0.25) is 0 Å². The third-order valence-electron chi connectivity index (χ3n) is 4.26. The van der Waals surface area contributed by atoms with Crippen molar-refractivity contribution in [2.24, 2.45) is 0 Å². The number of carbonyl (C=O) groups is 1. The molecule has 2 N–H and O–H groups in total. The molecule has 116 valence electrons. The van der Waals surface area contributed by atoms with Crippen LogP contribution in [0.25, 0.3) is 0 Å². The summed E-state index contributed by atoms with van der Waals surface area (Å²) in [4.78, 5) is 13.5. The average molecular weight is 291 g/mol. The number of carbonyl (C=O) groups excluding carboxylic acids is 1. The lowest BCUT2D eigenvalue weighted by molar-refractivity contribution is -0.693. The van der Waals surface area contributed by atoms with Crippen LogP contribution in [0.2, 0.25) is 0 Å². The van der Waals surface area contributed by atoms with Gasteiger partial charge in [0.2, 0.25) is 0 Å². The van der Waals surface area contributed by atoms with E-state index in [1.165, 1.54) is 5.56 Å². The summed E-state index contributed by atoms with van der Waals surface area (Å²) in [5, 5.41) is 2.44. The fourth-order valence-electron chi connectivity index (χ4n) is 2.85. The fraction of sp³-hybridized carbons (Fsp3) is 0.588. The second-order valence-corrected chi connectivity index (χ2v) is 5.81. The van der Waals surface area contributed by atoms with Gasteiger partial charge in [-0.25, -0.2) is 4.79 Å². The molecule has 1 aromatic carbocycles. The van der Waals surface area contributed by atoms with Gasteiger partial charge in [0.1, 0.15) is 0 Å². The van der Waals surface area contributed by atoms with Crippen molar-refractivity contribution in [2.45, 2.75) is 38.6 Å². The SMILES string of the molecule is CCOC(=O)N1CCC([NH2+]C[C@H](C)c2ccccc2)CC1. The Balaban J connectivity index is 1.70. The van der Waals surface area contributed by atoms with E-state index in [1.807, 2.05) is 11.8 Å². The molecule has 21 heavy (non-hydrogen) atoms. The van der Waals surface area contributed by atoms with Gasteiger partial charge in [0.05, 0.1) is 19.2 Å². The summed E-state index contributed by atoms with van der Waals surface area (Å²) in [5.41, 5.74) is 1.40. The van der Waals surface area contributed by atoms with E-state index in [9.17, 15) is 4.79 Å². The third-order valence-corrected chi connectivity index (χ3v) is 4.26. The first kappa shape index (κ1) is 15.8. The minimum atomic E-state index is -0.159. The number of ether oxygens (including phenoxy) is 1. The first-order valence-electron chi connectivity index (χ1n) is 8.00. The van der Waals surface area contributed by atoms with Crippen LogP contribution in [-0.4, -0.2) is 43.3 Å². The molecule has 1 fully saturated rings. The Labute approximate surface area is 127 Å². The molecule has 0 spiro atoms. The van der Waals surface area contributed by atoms with E-state index < -0.39 is 0 Å². The zero-order valence-corrected chi connectivity index (χ0v) is 13.1. The van der Waals surface area contributed by atoms with Gasteiger partial charge in [-0.1, -0.05) is 37.3 Å². The van der Waals surface area contributed by atoms with E-state index in [4.69, 9.17) is 4.74 Å². The molecule has 0 radical (unpaired) electrons. The molecule has 1 amide bonds. The van der Waals surface area contributed by atoms with Gasteiger partial charge in [-0.15, -0.1) is 0 Å². The van der Waals surface area contributed by atoms with Crippen molar-refractivity contribution >= 4 is 6.09 Å². The largest absolute Gasteiger partial charge is 0.450 e. The quantitative estimate of drug-likeness (QED) is 0.901. The molecule has 4 nitrogen and oxygen atoms in total. The predicted octanol–water partition coefficient (Wildman–Crippen LogP) is 1.97. The number of hydrogen-bond donors (Lipinski definition) is 1. The molecular formula is C17H27N2O2+. The van der Waals surface area contributed by atoms with E-state index in [0.29, 0.717) is 18.6 Å².